The maximum atomic E-state index is 12.1. The van der Waals surface area contributed by atoms with Crippen molar-refractivity contribution in [3.63, 3.8) is 0 Å². The van der Waals surface area contributed by atoms with E-state index in [9.17, 15) is 9.59 Å². The quantitative estimate of drug-likeness (QED) is 0.841. The molecule has 0 bridgehead atoms. The Balaban J connectivity index is 2.02. The number of carboxylic acids is 1. The number of rotatable bonds is 1. The van der Waals surface area contributed by atoms with Gasteiger partial charge in [0.05, 0.1) is 17.9 Å². The fourth-order valence-electron chi connectivity index (χ4n) is 2.94. The maximum absolute atomic E-state index is 12.1. The highest BCUT2D eigenvalue weighted by Gasteiger charge is 2.35. The minimum Gasteiger partial charge on any atom is -0.487 e. The second kappa shape index (κ2) is 3.83. The monoisotopic (exact) mass is 260 g/mol. The van der Waals surface area contributed by atoms with Crippen molar-refractivity contribution in [1.82, 2.24) is 0 Å². The van der Waals surface area contributed by atoms with Gasteiger partial charge in [0.1, 0.15) is 11.4 Å². The van der Waals surface area contributed by atoms with E-state index in [0.717, 1.165) is 11.1 Å². The molecular formula is C15H16O4. The molecule has 1 aromatic rings. The smallest absolute Gasteiger partial charge is 0.307 e. The summed E-state index contributed by atoms with van der Waals surface area (Å²) in [4.78, 5) is 23.2. The molecule has 3 rings (SSSR count). The highest BCUT2D eigenvalue weighted by atomic mass is 16.5. The lowest BCUT2D eigenvalue weighted by Gasteiger charge is -2.32. The Morgan fingerprint density at radius 1 is 1.32 bits per heavy atom. The lowest BCUT2D eigenvalue weighted by atomic mass is 9.91. The third kappa shape index (κ3) is 2.01. The van der Waals surface area contributed by atoms with Crippen LogP contribution in [0.5, 0.6) is 5.75 Å². The summed E-state index contributed by atoms with van der Waals surface area (Å²) in [7, 11) is 0. The van der Waals surface area contributed by atoms with E-state index in [2.05, 4.69) is 0 Å². The molecule has 0 saturated heterocycles. The van der Waals surface area contributed by atoms with Gasteiger partial charge in [-0.2, -0.15) is 0 Å². The molecule has 0 aromatic heterocycles. The third-order valence-corrected chi connectivity index (χ3v) is 3.86. The van der Waals surface area contributed by atoms with Crippen LogP contribution < -0.4 is 4.74 Å². The average molecular weight is 260 g/mol. The first-order valence-corrected chi connectivity index (χ1v) is 6.46. The summed E-state index contributed by atoms with van der Waals surface area (Å²) in [5.41, 5.74) is 2.09. The normalized spacial score (nSPS) is 23.5. The van der Waals surface area contributed by atoms with Gasteiger partial charge in [0.25, 0.3) is 0 Å². The number of aliphatic carboxylic acids is 1. The zero-order valence-electron chi connectivity index (χ0n) is 11.0. The van der Waals surface area contributed by atoms with Crippen molar-refractivity contribution in [1.29, 1.82) is 0 Å². The van der Waals surface area contributed by atoms with E-state index in [1.54, 1.807) is 0 Å². The number of ketones is 1. The highest BCUT2D eigenvalue weighted by Crippen LogP contribution is 2.38. The first-order chi connectivity index (χ1) is 8.85. The number of ether oxygens (including phenoxy) is 1. The van der Waals surface area contributed by atoms with Crippen molar-refractivity contribution < 1.29 is 19.4 Å². The number of carbonyl (C=O) groups excluding carboxylic acids is 1. The molecule has 0 radical (unpaired) electrons. The molecule has 19 heavy (non-hydrogen) atoms. The van der Waals surface area contributed by atoms with Crippen LogP contribution in [0.4, 0.5) is 0 Å². The van der Waals surface area contributed by atoms with Crippen LogP contribution in [0.2, 0.25) is 0 Å². The van der Waals surface area contributed by atoms with Crippen LogP contribution in [-0.2, 0) is 17.6 Å². The van der Waals surface area contributed by atoms with E-state index < -0.39 is 11.6 Å². The van der Waals surface area contributed by atoms with Crippen molar-refractivity contribution in [2.75, 3.05) is 0 Å². The van der Waals surface area contributed by atoms with E-state index >= 15 is 0 Å². The van der Waals surface area contributed by atoms with Crippen molar-refractivity contribution in [3.8, 4) is 5.75 Å². The van der Waals surface area contributed by atoms with Crippen LogP contribution in [0.15, 0.2) is 12.1 Å². The number of benzene rings is 1. The predicted molar refractivity (Wildman–Crippen MR) is 68.6 cm³/mol. The summed E-state index contributed by atoms with van der Waals surface area (Å²) in [6.45, 7) is 3.78. The predicted octanol–water partition coefficient (Wildman–Crippen LogP) is 2.23. The Bertz CT molecular complexity index is 586. The number of Topliss-reactive ketones (excluding diaryl/α,β-unsaturated/α-hetero) is 1. The molecular weight excluding hydrogens is 244 g/mol. The molecule has 1 aliphatic heterocycles. The van der Waals surface area contributed by atoms with Crippen LogP contribution >= 0.6 is 0 Å². The topological polar surface area (TPSA) is 63.6 Å². The summed E-state index contributed by atoms with van der Waals surface area (Å²) >= 11 is 0. The number of fused-ring (bicyclic) bond motifs is 2. The molecule has 0 fully saturated rings. The Hall–Kier alpha value is -1.84. The zero-order chi connectivity index (χ0) is 13.8. The second-order valence-electron chi connectivity index (χ2n) is 6.02. The molecule has 4 nitrogen and oxygen atoms in total. The fourth-order valence-corrected chi connectivity index (χ4v) is 2.94. The van der Waals surface area contributed by atoms with Gasteiger partial charge >= 0.3 is 5.97 Å². The van der Waals surface area contributed by atoms with Crippen molar-refractivity contribution in [3.05, 3.63) is 28.8 Å². The van der Waals surface area contributed by atoms with Gasteiger partial charge in [0.15, 0.2) is 5.78 Å². The Morgan fingerprint density at radius 2 is 1.95 bits per heavy atom. The number of hydrogen-bond acceptors (Lipinski definition) is 3. The molecule has 0 saturated carbocycles. The standard InChI is InChI=1S/C15H16O4/c1-15(2)7-12(16)11-5-8-3-10(14(17)18)4-9(8)6-13(11)19-15/h5-6,10H,3-4,7H2,1-2H3,(H,17,18). The van der Waals surface area contributed by atoms with Crippen LogP contribution in [0.3, 0.4) is 0 Å². The fraction of sp³-hybridized carbons (Fsp3) is 0.467. The molecule has 2 aliphatic rings. The van der Waals surface area contributed by atoms with Gasteiger partial charge in [-0.05, 0) is 49.9 Å². The lowest BCUT2D eigenvalue weighted by molar-refractivity contribution is -0.141. The van der Waals surface area contributed by atoms with E-state index in [-0.39, 0.29) is 11.7 Å². The summed E-state index contributed by atoms with van der Waals surface area (Å²) in [6, 6.07) is 3.68. The zero-order valence-corrected chi connectivity index (χ0v) is 11.0. The number of carbonyl (C=O) groups is 2. The largest absolute Gasteiger partial charge is 0.487 e. The molecule has 1 heterocycles. The van der Waals surface area contributed by atoms with Gasteiger partial charge < -0.3 is 9.84 Å². The minimum atomic E-state index is -0.776. The van der Waals surface area contributed by atoms with Crippen LogP contribution in [0.1, 0.15) is 41.8 Å². The summed E-state index contributed by atoms with van der Waals surface area (Å²) in [5, 5.41) is 9.09. The molecule has 1 unspecified atom stereocenters. The molecule has 1 aliphatic carbocycles. The van der Waals surface area contributed by atoms with E-state index in [1.165, 1.54) is 0 Å². The van der Waals surface area contributed by atoms with Crippen molar-refractivity contribution >= 4 is 11.8 Å². The summed E-state index contributed by atoms with van der Waals surface area (Å²) in [5.74, 6) is -0.470. The molecule has 100 valence electrons. The lowest BCUT2D eigenvalue weighted by Crippen LogP contribution is -2.36. The summed E-state index contributed by atoms with van der Waals surface area (Å²) in [6.07, 6.45) is 1.39. The van der Waals surface area contributed by atoms with Gasteiger partial charge in [-0.25, -0.2) is 0 Å². The van der Waals surface area contributed by atoms with E-state index in [1.807, 2.05) is 26.0 Å². The van der Waals surface area contributed by atoms with Gasteiger partial charge in [-0.1, -0.05) is 0 Å². The SMILES string of the molecule is CC1(C)CC(=O)c2cc3c(cc2O1)CC(C(=O)O)C3. The molecule has 4 heteroatoms. The Labute approximate surface area is 111 Å². The first-order valence-electron chi connectivity index (χ1n) is 6.46. The molecule has 1 aromatic carbocycles. The Kier molecular flexibility index (Phi) is 2.46. The van der Waals surface area contributed by atoms with Gasteiger partial charge in [0, 0.05) is 0 Å². The molecule has 1 N–H and O–H groups in total. The van der Waals surface area contributed by atoms with E-state index in [0.29, 0.717) is 30.6 Å². The van der Waals surface area contributed by atoms with Crippen LogP contribution in [0, 0.1) is 5.92 Å². The number of hydrogen-bond donors (Lipinski definition) is 1. The van der Waals surface area contributed by atoms with Gasteiger partial charge in [-0.3, -0.25) is 9.59 Å². The third-order valence-electron chi connectivity index (χ3n) is 3.86. The van der Waals surface area contributed by atoms with Gasteiger partial charge in [-0.15, -0.1) is 0 Å². The van der Waals surface area contributed by atoms with Crippen LogP contribution in [0.25, 0.3) is 0 Å². The van der Waals surface area contributed by atoms with Crippen LogP contribution in [-0.4, -0.2) is 22.5 Å². The summed E-state index contributed by atoms with van der Waals surface area (Å²) < 4.78 is 5.84. The second-order valence-corrected chi connectivity index (χ2v) is 6.02. The Morgan fingerprint density at radius 3 is 2.58 bits per heavy atom. The van der Waals surface area contributed by atoms with Crippen molar-refractivity contribution in [2.24, 2.45) is 5.92 Å². The van der Waals surface area contributed by atoms with E-state index in [4.69, 9.17) is 9.84 Å². The first kappa shape index (κ1) is 12.2. The molecule has 0 spiro atoms. The van der Waals surface area contributed by atoms with Crippen molar-refractivity contribution in [2.45, 2.75) is 38.7 Å². The minimum absolute atomic E-state index is 0.0767. The maximum Gasteiger partial charge on any atom is 0.307 e. The van der Waals surface area contributed by atoms with Gasteiger partial charge in [0.2, 0.25) is 0 Å². The molecule has 0 amide bonds. The number of carboxylic acid groups (broad SMARTS) is 1. The highest BCUT2D eigenvalue weighted by molar-refractivity contribution is 6.00. The molecule has 1 atom stereocenters. The average Bonchev–Trinajstić information content (AvgIpc) is 2.68.